The third-order valence-electron chi connectivity index (χ3n) is 4.47. The van der Waals surface area contributed by atoms with E-state index in [0.717, 1.165) is 11.1 Å². The van der Waals surface area contributed by atoms with Crippen molar-refractivity contribution in [3.63, 3.8) is 0 Å². The smallest absolute Gasteiger partial charge is 0.0585 e. The molecule has 0 amide bonds. The van der Waals surface area contributed by atoms with Gasteiger partial charge in [0.15, 0.2) is 0 Å². The van der Waals surface area contributed by atoms with Crippen LogP contribution in [0.4, 0.5) is 0 Å². The van der Waals surface area contributed by atoms with Crippen molar-refractivity contribution in [2.75, 3.05) is 13.1 Å². The zero-order chi connectivity index (χ0) is 17.6. The van der Waals surface area contributed by atoms with E-state index in [2.05, 4.69) is 94.9 Å². The second-order valence-corrected chi connectivity index (χ2v) is 6.21. The Bertz CT molecular complexity index is 994. The lowest BCUT2D eigenvalue weighted by atomic mass is 10.1. The third kappa shape index (κ3) is 3.55. The molecule has 0 N–H and O–H groups in total. The molecule has 0 radical (unpaired) electrons. The summed E-state index contributed by atoms with van der Waals surface area (Å²) in [7, 11) is 0. The van der Waals surface area contributed by atoms with Crippen LogP contribution < -0.4 is 0 Å². The van der Waals surface area contributed by atoms with Crippen LogP contribution in [0.2, 0.25) is 0 Å². The average molecular weight is 336 g/mol. The zero-order valence-corrected chi connectivity index (χ0v) is 14.5. The summed E-state index contributed by atoms with van der Waals surface area (Å²) in [6.07, 6.45) is 3.91. The monoisotopic (exact) mass is 336 g/mol. The predicted molar refractivity (Wildman–Crippen MR) is 113 cm³/mol. The second-order valence-electron chi connectivity index (χ2n) is 6.21. The molecule has 0 fully saturated rings. The number of rotatable bonds is 5. The Kier molecular flexibility index (Phi) is 4.83. The van der Waals surface area contributed by atoms with Crippen LogP contribution in [0.3, 0.4) is 0 Å². The Balaban J connectivity index is 1.42. The van der Waals surface area contributed by atoms with E-state index >= 15 is 0 Å². The van der Waals surface area contributed by atoms with Gasteiger partial charge in [-0.25, -0.2) is 0 Å². The summed E-state index contributed by atoms with van der Waals surface area (Å²) >= 11 is 0. The normalized spacial score (nSPS) is 11.8. The number of aliphatic imine (C=N–C) groups is 2. The van der Waals surface area contributed by atoms with E-state index in [1.807, 2.05) is 12.4 Å². The van der Waals surface area contributed by atoms with E-state index in [1.54, 1.807) is 0 Å². The summed E-state index contributed by atoms with van der Waals surface area (Å²) in [5.41, 5.74) is 2.31. The second kappa shape index (κ2) is 7.75. The van der Waals surface area contributed by atoms with Crippen molar-refractivity contribution in [1.29, 1.82) is 0 Å². The van der Waals surface area contributed by atoms with Gasteiger partial charge in [-0.2, -0.15) is 0 Å². The standard InChI is InChI=1S/C24H20N2/c1-3-13-23-19(7-1)9-5-11-21(23)17-25-15-16-26-18-22-12-6-10-20-8-2-4-14-24(20)22/h1-14,17-18H,15-16H2/b25-17-,26-18-. The topological polar surface area (TPSA) is 24.7 Å². The molecular weight excluding hydrogens is 316 g/mol. The zero-order valence-electron chi connectivity index (χ0n) is 14.5. The molecule has 26 heavy (non-hydrogen) atoms. The molecule has 0 heterocycles. The third-order valence-corrected chi connectivity index (χ3v) is 4.47. The van der Waals surface area contributed by atoms with E-state index in [-0.39, 0.29) is 0 Å². The maximum Gasteiger partial charge on any atom is 0.0585 e. The Morgan fingerprint density at radius 2 is 0.923 bits per heavy atom. The summed E-state index contributed by atoms with van der Waals surface area (Å²) in [6.45, 7) is 1.37. The van der Waals surface area contributed by atoms with Crippen LogP contribution in [0.5, 0.6) is 0 Å². The lowest BCUT2D eigenvalue weighted by Crippen LogP contribution is -1.91. The number of fused-ring (bicyclic) bond motifs is 2. The minimum atomic E-state index is 0.685. The maximum absolute atomic E-state index is 4.55. The highest BCUT2D eigenvalue weighted by Crippen LogP contribution is 2.17. The highest BCUT2D eigenvalue weighted by molar-refractivity contribution is 6.00. The lowest BCUT2D eigenvalue weighted by Gasteiger charge is -2.01. The van der Waals surface area contributed by atoms with Crippen molar-refractivity contribution < 1.29 is 0 Å². The first kappa shape index (κ1) is 16.2. The summed E-state index contributed by atoms with van der Waals surface area (Å²) in [5, 5.41) is 4.95. The highest BCUT2D eigenvalue weighted by Gasteiger charge is 1.97. The number of hydrogen-bond donors (Lipinski definition) is 0. The van der Waals surface area contributed by atoms with Gasteiger partial charge in [0.25, 0.3) is 0 Å². The fourth-order valence-corrected chi connectivity index (χ4v) is 3.17. The molecule has 0 aliphatic carbocycles. The van der Waals surface area contributed by atoms with Gasteiger partial charge in [-0.15, -0.1) is 0 Å². The first-order valence-electron chi connectivity index (χ1n) is 8.87. The number of nitrogens with zero attached hydrogens (tertiary/aromatic N) is 2. The molecule has 4 rings (SSSR count). The largest absolute Gasteiger partial charge is 0.291 e. The van der Waals surface area contributed by atoms with Gasteiger partial charge in [0.1, 0.15) is 0 Å². The first-order chi connectivity index (χ1) is 12.9. The number of benzene rings is 4. The van der Waals surface area contributed by atoms with Crippen molar-refractivity contribution in [1.82, 2.24) is 0 Å². The van der Waals surface area contributed by atoms with Crippen molar-refractivity contribution in [3.8, 4) is 0 Å². The molecule has 4 aromatic rings. The van der Waals surface area contributed by atoms with Gasteiger partial charge < -0.3 is 0 Å². The molecule has 0 unspecified atom stereocenters. The van der Waals surface area contributed by atoms with E-state index in [4.69, 9.17) is 0 Å². The lowest BCUT2D eigenvalue weighted by molar-refractivity contribution is 0.985. The van der Waals surface area contributed by atoms with Gasteiger partial charge in [0, 0.05) is 23.6 Å². The van der Waals surface area contributed by atoms with E-state index < -0.39 is 0 Å². The minimum absolute atomic E-state index is 0.685. The molecule has 0 aliphatic heterocycles. The van der Waals surface area contributed by atoms with Crippen molar-refractivity contribution in [3.05, 3.63) is 96.1 Å². The Morgan fingerprint density at radius 1 is 0.500 bits per heavy atom. The van der Waals surface area contributed by atoms with Crippen LogP contribution >= 0.6 is 0 Å². The first-order valence-corrected chi connectivity index (χ1v) is 8.87. The van der Waals surface area contributed by atoms with Crippen LogP contribution in [0.25, 0.3) is 21.5 Å². The molecule has 0 saturated heterocycles. The van der Waals surface area contributed by atoms with Gasteiger partial charge in [0.2, 0.25) is 0 Å². The van der Waals surface area contributed by atoms with Gasteiger partial charge in [-0.3, -0.25) is 9.98 Å². The molecule has 0 bridgehead atoms. The molecule has 2 heteroatoms. The summed E-state index contributed by atoms with van der Waals surface area (Å²) in [5.74, 6) is 0. The molecule has 0 aromatic heterocycles. The van der Waals surface area contributed by atoms with Crippen molar-refractivity contribution >= 4 is 34.0 Å². The SMILES string of the molecule is C(=N/CC/N=C\c1cccc2ccccc12)/c1cccc2ccccc12. The Hall–Kier alpha value is -3.26. The van der Waals surface area contributed by atoms with Gasteiger partial charge in [0.05, 0.1) is 13.1 Å². The highest BCUT2D eigenvalue weighted by atomic mass is 14.8. The van der Waals surface area contributed by atoms with E-state index in [1.165, 1.54) is 21.5 Å². The van der Waals surface area contributed by atoms with Crippen LogP contribution in [-0.4, -0.2) is 25.5 Å². The van der Waals surface area contributed by atoms with Gasteiger partial charge in [-0.05, 0) is 21.5 Å². The fourth-order valence-electron chi connectivity index (χ4n) is 3.17. The average Bonchev–Trinajstić information content (AvgIpc) is 2.71. The minimum Gasteiger partial charge on any atom is -0.291 e. The van der Waals surface area contributed by atoms with Crippen LogP contribution in [0.15, 0.2) is 94.9 Å². The quantitative estimate of drug-likeness (QED) is 0.338. The van der Waals surface area contributed by atoms with Gasteiger partial charge >= 0.3 is 0 Å². The maximum atomic E-state index is 4.55. The predicted octanol–water partition coefficient (Wildman–Crippen LogP) is 5.53. The Labute approximate surface area is 153 Å². The molecular formula is C24H20N2. The number of hydrogen-bond acceptors (Lipinski definition) is 2. The summed E-state index contributed by atoms with van der Waals surface area (Å²) in [4.78, 5) is 9.09. The molecule has 0 saturated carbocycles. The van der Waals surface area contributed by atoms with Crippen LogP contribution in [0.1, 0.15) is 11.1 Å². The van der Waals surface area contributed by atoms with Crippen LogP contribution in [-0.2, 0) is 0 Å². The van der Waals surface area contributed by atoms with Crippen LogP contribution in [0, 0.1) is 0 Å². The molecule has 0 spiro atoms. The van der Waals surface area contributed by atoms with Gasteiger partial charge in [-0.1, -0.05) is 84.9 Å². The van der Waals surface area contributed by atoms with Crippen molar-refractivity contribution in [2.45, 2.75) is 0 Å². The van der Waals surface area contributed by atoms with E-state index in [9.17, 15) is 0 Å². The van der Waals surface area contributed by atoms with Crippen molar-refractivity contribution in [2.24, 2.45) is 9.98 Å². The molecule has 0 atom stereocenters. The molecule has 2 nitrogen and oxygen atoms in total. The molecule has 4 aromatic carbocycles. The summed E-state index contributed by atoms with van der Waals surface area (Å²) < 4.78 is 0. The Morgan fingerprint density at radius 3 is 1.42 bits per heavy atom. The molecule has 126 valence electrons. The summed E-state index contributed by atoms with van der Waals surface area (Å²) in [6, 6.07) is 29.4. The molecule has 0 aliphatic rings. The fraction of sp³-hybridized carbons (Fsp3) is 0.0833. The van der Waals surface area contributed by atoms with E-state index in [0.29, 0.717) is 13.1 Å².